The highest BCUT2D eigenvalue weighted by Gasteiger charge is 2.16. The molecule has 0 fully saturated rings. The Bertz CT molecular complexity index is 333. The first-order valence-electron chi connectivity index (χ1n) is 3.70. The Morgan fingerprint density at radius 1 is 1.58 bits per heavy atom. The van der Waals surface area contributed by atoms with E-state index in [2.05, 4.69) is 11.4 Å². The van der Waals surface area contributed by atoms with Gasteiger partial charge in [0.2, 0.25) is 0 Å². The van der Waals surface area contributed by atoms with E-state index < -0.39 is 0 Å². The predicted octanol–water partition coefficient (Wildman–Crippen LogP) is 0.904. The van der Waals surface area contributed by atoms with Crippen LogP contribution in [0.4, 0.5) is 0 Å². The van der Waals surface area contributed by atoms with Crippen LogP contribution in [0.15, 0.2) is 24.4 Å². The lowest BCUT2D eigenvalue weighted by Gasteiger charge is -2.20. The summed E-state index contributed by atoms with van der Waals surface area (Å²) in [6.45, 7) is 0. The molecule has 3 heteroatoms. The molecule has 1 aromatic carbocycles. The SMILES string of the molecule is NC1NC=C(O)c2cc[c]cc21. The zero-order chi connectivity index (χ0) is 8.55. The smallest absolute Gasteiger partial charge is 0.138 e. The van der Waals surface area contributed by atoms with Gasteiger partial charge in [0.25, 0.3) is 0 Å². The lowest BCUT2D eigenvalue weighted by atomic mass is 10.0. The van der Waals surface area contributed by atoms with Crippen molar-refractivity contribution in [3.8, 4) is 0 Å². The number of aliphatic hydroxyl groups is 1. The molecule has 0 saturated heterocycles. The minimum atomic E-state index is -0.242. The van der Waals surface area contributed by atoms with Gasteiger partial charge in [0.15, 0.2) is 0 Å². The van der Waals surface area contributed by atoms with Gasteiger partial charge in [-0.15, -0.1) is 0 Å². The van der Waals surface area contributed by atoms with Crippen LogP contribution in [-0.4, -0.2) is 5.11 Å². The van der Waals surface area contributed by atoms with Crippen molar-refractivity contribution in [3.63, 3.8) is 0 Å². The molecule has 0 bridgehead atoms. The lowest BCUT2D eigenvalue weighted by molar-refractivity contribution is 0.490. The van der Waals surface area contributed by atoms with Crippen LogP contribution in [0.5, 0.6) is 0 Å². The summed E-state index contributed by atoms with van der Waals surface area (Å²) in [5.41, 5.74) is 7.37. The maximum atomic E-state index is 9.41. The van der Waals surface area contributed by atoms with Gasteiger partial charge in [-0.25, -0.2) is 0 Å². The van der Waals surface area contributed by atoms with Crippen molar-refractivity contribution in [3.05, 3.63) is 41.6 Å². The summed E-state index contributed by atoms with van der Waals surface area (Å²) >= 11 is 0. The Kier molecular flexibility index (Phi) is 1.52. The van der Waals surface area contributed by atoms with Crippen LogP contribution >= 0.6 is 0 Å². The Hall–Kier alpha value is -1.48. The second-order valence-corrected chi connectivity index (χ2v) is 2.69. The molecule has 1 atom stereocenters. The molecule has 1 radical (unpaired) electrons. The van der Waals surface area contributed by atoms with E-state index in [1.165, 1.54) is 6.20 Å². The third-order valence-electron chi connectivity index (χ3n) is 1.91. The van der Waals surface area contributed by atoms with Crippen LogP contribution in [-0.2, 0) is 0 Å². The highest BCUT2D eigenvalue weighted by atomic mass is 16.3. The van der Waals surface area contributed by atoms with Crippen LogP contribution in [0.2, 0.25) is 0 Å². The van der Waals surface area contributed by atoms with Crippen molar-refractivity contribution in [1.82, 2.24) is 5.32 Å². The number of hydrogen-bond acceptors (Lipinski definition) is 3. The predicted molar refractivity (Wildman–Crippen MR) is 45.9 cm³/mol. The normalized spacial score (nSPS) is 20.8. The molecule has 2 rings (SSSR count). The van der Waals surface area contributed by atoms with E-state index in [-0.39, 0.29) is 11.9 Å². The van der Waals surface area contributed by atoms with Crippen molar-refractivity contribution >= 4 is 5.76 Å². The van der Waals surface area contributed by atoms with Crippen LogP contribution in [0, 0.1) is 6.07 Å². The Balaban J connectivity index is 2.58. The van der Waals surface area contributed by atoms with Crippen LogP contribution in [0.25, 0.3) is 5.76 Å². The maximum absolute atomic E-state index is 9.41. The minimum absolute atomic E-state index is 0.223. The maximum Gasteiger partial charge on any atom is 0.138 e. The number of nitrogens with two attached hydrogens (primary N) is 1. The first kappa shape index (κ1) is 7.18. The van der Waals surface area contributed by atoms with Gasteiger partial charge in [0.05, 0.1) is 0 Å². The van der Waals surface area contributed by atoms with E-state index >= 15 is 0 Å². The van der Waals surface area contributed by atoms with Gasteiger partial charge >= 0.3 is 0 Å². The molecule has 0 aromatic heterocycles. The zero-order valence-corrected chi connectivity index (χ0v) is 6.41. The third-order valence-corrected chi connectivity index (χ3v) is 1.91. The Morgan fingerprint density at radius 3 is 3.17 bits per heavy atom. The topological polar surface area (TPSA) is 58.3 Å². The van der Waals surface area contributed by atoms with Gasteiger partial charge in [-0.05, 0) is 12.1 Å². The summed E-state index contributed by atoms with van der Waals surface area (Å²) in [5, 5.41) is 12.2. The number of rotatable bonds is 0. The summed E-state index contributed by atoms with van der Waals surface area (Å²) in [4.78, 5) is 0. The molecule has 1 aliphatic rings. The van der Waals surface area contributed by atoms with E-state index in [0.29, 0.717) is 0 Å². The Morgan fingerprint density at radius 2 is 2.42 bits per heavy atom. The van der Waals surface area contributed by atoms with Crippen molar-refractivity contribution in [2.45, 2.75) is 6.17 Å². The molecule has 1 heterocycles. The molecular formula is C9H9N2O. The first-order valence-corrected chi connectivity index (χ1v) is 3.70. The molecule has 0 spiro atoms. The average molecular weight is 161 g/mol. The van der Waals surface area contributed by atoms with Gasteiger partial charge in [-0.2, -0.15) is 0 Å². The third kappa shape index (κ3) is 0.950. The molecule has 0 amide bonds. The molecule has 3 nitrogen and oxygen atoms in total. The van der Waals surface area contributed by atoms with E-state index in [1.807, 2.05) is 0 Å². The quantitative estimate of drug-likeness (QED) is 0.530. The molecule has 61 valence electrons. The highest BCUT2D eigenvalue weighted by molar-refractivity contribution is 5.63. The fourth-order valence-electron chi connectivity index (χ4n) is 1.27. The van der Waals surface area contributed by atoms with E-state index in [4.69, 9.17) is 5.73 Å². The number of benzene rings is 1. The summed E-state index contributed by atoms with van der Waals surface area (Å²) in [6.07, 6.45) is 1.26. The van der Waals surface area contributed by atoms with Crippen LogP contribution in [0.1, 0.15) is 17.3 Å². The van der Waals surface area contributed by atoms with E-state index in [1.54, 1.807) is 18.2 Å². The molecule has 0 aliphatic carbocycles. The second kappa shape index (κ2) is 2.53. The van der Waals surface area contributed by atoms with Gasteiger partial charge in [-0.3, -0.25) is 0 Å². The minimum Gasteiger partial charge on any atom is -0.506 e. The summed E-state index contributed by atoms with van der Waals surface area (Å²) in [6, 6.07) is 8.23. The monoisotopic (exact) mass is 161 g/mol. The van der Waals surface area contributed by atoms with Crippen LogP contribution < -0.4 is 11.1 Å². The van der Waals surface area contributed by atoms with E-state index in [0.717, 1.165) is 11.1 Å². The summed E-state index contributed by atoms with van der Waals surface area (Å²) in [5.74, 6) is 0.223. The van der Waals surface area contributed by atoms with Crippen molar-refractivity contribution in [2.24, 2.45) is 5.73 Å². The highest BCUT2D eigenvalue weighted by Crippen LogP contribution is 2.23. The zero-order valence-electron chi connectivity index (χ0n) is 6.41. The standard InChI is InChI=1S/C9H9N2O/c10-9-7-4-2-1-3-6(7)8(12)5-11-9/h1,3-5,9,11-12H,10H2. The fraction of sp³-hybridized carbons (Fsp3) is 0.111. The summed E-state index contributed by atoms with van der Waals surface area (Å²) in [7, 11) is 0. The molecule has 1 aromatic rings. The Labute approximate surface area is 70.5 Å². The number of nitrogens with one attached hydrogen (secondary N) is 1. The second-order valence-electron chi connectivity index (χ2n) is 2.69. The molecule has 4 N–H and O–H groups in total. The number of hydrogen-bond donors (Lipinski definition) is 3. The van der Waals surface area contributed by atoms with Gasteiger partial charge in [0.1, 0.15) is 11.9 Å². The lowest BCUT2D eigenvalue weighted by Crippen LogP contribution is -2.28. The largest absolute Gasteiger partial charge is 0.506 e. The summed E-state index contributed by atoms with van der Waals surface area (Å²) < 4.78 is 0. The van der Waals surface area contributed by atoms with Gasteiger partial charge in [-0.1, -0.05) is 12.1 Å². The number of aliphatic hydroxyl groups excluding tert-OH is 1. The van der Waals surface area contributed by atoms with Crippen molar-refractivity contribution < 1.29 is 5.11 Å². The average Bonchev–Trinajstić information content (AvgIpc) is 2.12. The molecule has 1 aliphatic heterocycles. The number of fused-ring (bicyclic) bond motifs is 1. The van der Waals surface area contributed by atoms with Crippen LogP contribution in [0.3, 0.4) is 0 Å². The van der Waals surface area contributed by atoms with Gasteiger partial charge in [0, 0.05) is 17.3 Å². The molecule has 1 unspecified atom stereocenters. The van der Waals surface area contributed by atoms with Crippen molar-refractivity contribution in [2.75, 3.05) is 0 Å². The van der Waals surface area contributed by atoms with Gasteiger partial charge < -0.3 is 16.2 Å². The van der Waals surface area contributed by atoms with E-state index in [9.17, 15) is 5.11 Å². The van der Waals surface area contributed by atoms with Crippen molar-refractivity contribution in [1.29, 1.82) is 0 Å². The molecule has 0 saturated carbocycles. The molecule has 12 heavy (non-hydrogen) atoms. The fourth-order valence-corrected chi connectivity index (χ4v) is 1.27. The first-order chi connectivity index (χ1) is 5.79. The molecular weight excluding hydrogens is 152 g/mol.